The first-order chi connectivity index (χ1) is 15.0. The molecule has 1 aromatic heterocycles. The quantitative estimate of drug-likeness (QED) is 0.625. The molecule has 164 valence electrons. The van der Waals surface area contributed by atoms with E-state index in [-0.39, 0.29) is 11.3 Å². The molecule has 9 heteroatoms. The van der Waals surface area contributed by atoms with E-state index >= 15 is 0 Å². The van der Waals surface area contributed by atoms with Gasteiger partial charge < -0.3 is 19.2 Å². The van der Waals surface area contributed by atoms with Gasteiger partial charge in [-0.1, -0.05) is 29.3 Å². The van der Waals surface area contributed by atoms with Crippen LogP contribution in [-0.2, 0) is 9.53 Å². The van der Waals surface area contributed by atoms with Crippen LogP contribution in [0.3, 0.4) is 0 Å². The fourth-order valence-electron chi connectivity index (χ4n) is 3.98. The van der Waals surface area contributed by atoms with Crippen LogP contribution >= 0.6 is 23.2 Å². The Hall–Kier alpha value is -2.32. The molecule has 1 fully saturated rings. The van der Waals surface area contributed by atoms with Crippen molar-refractivity contribution in [3.63, 3.8) is 0 Å². The molecule has 0 aliphatic carbocycles. The highest BCUT2D eigenvalue weighted by atomic mass is 35.5. The number of aliphatic hydroxyl groups is 1. The first-order valence-corrected chi connectivity index (χ1v) is 10.8. The number of Topliss-reactive ketones (excluding diaryl/α,β-unsaturated/α-hetero) is 1. The minimum absolute atomic E-state index is 0.0234. The third-order valence-electron chi connectivity index (χ3n) is 5.53. The number of morpholine rings is 1. The van der Waals surface area contributed by atoms with Crippen LogP contribution in [0.4, 0.5) is 0 Å². The number of nitrogens with zero attached hydrogens (tertiary/aromatic N) is 2. The van der Waals surface area contributed by atoms with Gasteiger partial charge in [-0.2, -0.15) is 0 Å². The maximum Gasteiger partial charge on any atom is 0.290 e. The van der Waals surface area contributed by atoms with Crippen LogP contribution in [0.25, 0.3) is 0 Å². The van der Waals surface area contributed by atoms with Crippen molar-refractivity contribution in [1.82, 2.24) is 9.80 Å². The van der Waals surface area contributed by atoms with Gasteiger partial charge in [-0.3, -0.25) is 14.5 Å². The van der Waals surface area contributed by atoms with Crippen LogP contribution < -0.4 is 0 Å². The van der Waals surface area contributed by atoms with Crippen molar-refractivity contribution in [1.29, 1.82) is 0 Å². The number of aliphatic hydroxyl groups excluding tert-OH is 1. The monoisotopic (exact) mass is 464 g/mol. The summed E-state index contributed by atoms with van der Waals surface area (Å²) in [7, 11) is 0. The van der Waals surface area contributed by atoms with Gasteiger partial charge >= 0.3 is 0 Å². The summed E-state index contributed by atoms with van der Waals surface area (Å²) >= 11 is 12.3. The number of hydrogen-bond donors (Lipinski definition) is 1. The van der Waals surface area contributed by atoms with Gasteiger partial charge in [-0.05, 0) is 36.2 Å². The predicted molar refractivity (Wildman–Crippen MR) is 115 cm³/mol. The zero-order valence-corrected chi connectivity index (χ0v) is 18.2. The molecule has 2 aromatic rings. The minimum atomic E-state index is -0.787. The van der Waals surface area contributed by atoms with Gasteiger partial charge in [0.1, 0.15) is 0 Å². The van der Waals surface area contributed by atoms with E-state index < -0.39 is 23.5 Å². The lowest BCUT2D eigenvalue weighted by molar-refractivity contribution is -0.129. The van der Waals surface area contributed by atoms with Crippen molar-refractivity contribution in [2.45, 2.75) is 12.5 Å². The Balaban J connectivity index is 1.62. The van der Waals surface area contributed by atoms with Crippen molar-refractivity contribution in [3.8, 4) is 0 Å². The van der Waals surface area contributed by atoms with Crippen molar-refractivity contribution < 1.29 is 23.8 Å². The lowest BCUT2D eigenvalue weighted by atomic mass is 9.95. The number of amides is 1. The minimum Gasteiger partial charge on any atom is -0.503 e. The Morgan fingerprint density at radius 3 is 2.58 bits per heavy atom. The van der Waals surface area contributed by atoms with Crippen LogP contribution in [0.1, 0.15) is 28.6 Å². The number of halogens is 2. The number of carbonyl (C=O) groups is 2. The molecule has 1 amide bonds. The number of ether oxygens (including phenoxy) is 1. The molecule has 0 radical (unpaired) electrons. The average molecular weight is 465 g/mol. The van der Waals surface area contributed by atoms with Crippen LogP contribution in [0, 0.1) is 0 Å². The molecule has 1 aromatic carbocycles. The van der Waals surface area contributed by atoms with Crippen LogP contribution in [0.15, 0.2) is 52.3 Å². The van der Waals surface area contributed by atoms with Crippen molar-refractivity contribution in [2.75, 3.05) is 39.4 Å². The van der Waals surface area contributed by atoms with Crippen molar-refractivity contribution in [2.24, 2.45) is 0 Å². The van der Waals surface area contributed by atoms with Gasteiger partial charge in [0.25, 0.3) is 5.91 Å². The summed E-state index contributed by atoms with van der Waals surface area (Å²) in [5.74, 6) is -1.64. The van der Waals surface area contributed by atoms with Gasteiger partial charge in [0.15, 0.2) is 11.5 Å². The molecule has 7 nitrogen and oxygen atoms in total. The van der Waals surface area contributed by atoms with E-state index in [1.165, 1.54) is 17.2 Å². The third-order valence-corrected chi connectivity index (χ3v) is 6.27. The van der Waals surface area contributed by atoms with Gasteiger partial charge in [0, 0.05) is 26.2 Å². The van der Waals surface area contributed by atoms with Gasteiger partial charge in [-0.25, -0.2) is 0 Å². The van der Waals surface area contributed by atoms with Crippen LogP contribution in [0.5, 0.6) is 0 Å². The molecule has 2 aliphatic rings. The number of rotatable bonds is 7. The standard InChI is InChI=1S/C22H22Cl2N2O5/c23-15-5-4-14(13-16(15)24)19-18(20(27)17-3-1-10-31-17)21(28)22(29)26(19)7-2-6-25-8-11-30-12-9-25/h1,3-5,10,13,19,28H,2,6-9,11-12H2/t19-/m0/s1. The van der Waals surface area contributed by atoms with E-state index in [0.29, 0.717) is 41.8 Å². The normalized spacial score (nSPS) is 20.0. The summed E-state index contributed by atoms with van der Waals surface area (Å²) in [6, 6.07) is 7.22. The molecule has 2 aliphatic heterocycles. The highest BCUT2D eigenvalue weighted by molar-refractivity contribution is 6.42. The topological polar surface area (TPSA) is 83.2 Å². The smallest absolute Gasteiger partial charge is 0.290 e. The molecular weight excluding hydrogens is 443 g/mol. The molecule has 0 bridgehead atoms. The van der Waals surface area contributed by atoms with Crippen LogP contribution in [0.2, 0.25) is 10.0 Å². The number of furan rings is 1. The van der Waals surface area contributed by atoms with Crippen LogP contribution in [-0.4, -0.2) is 66.0 Å². The predicted octanol–water partition coefficient (Wildman–Crippen LogP) is 3.89. The fraction of sp³-hybridized carbons (Fsp3) is 0.364. The van der Waals surface area contributed by atoms with Crippen molar-refractivity contribution >= 4 is 34.9 Å². The Morgan fingerprint density at radius 2 is 1.90 bits per heavy atom. The van der Waals surface area contributed by atoms with Gasteiger partial charge in [-0.15, -0.1) is 0 Å². The Morgan fingerprint density at radius 1 is 1.13 bits per heavy atom. The summed E-state index contributed by atoms with van der Waals surface area (Å²) in [5, 5.41) is 11.3. The van der Waals surface area contributed by atoms with Gasteiger partial charge in [0.05, 0.1) is 41.1 Å². The molecule has 0 spiro atoms. The Labute approximate surface area is 189 Å². The number of carbonyl (C=O) groups excluding carboxylic acids is 2. The van der Waals surface area contributed by atoms with Gasteiger partial charge in [0.2, 0.25) is 5.78 Å². The molecular formula is C22H22Cl2N2O5. The largest absolute Gasteiger partial charge is 0.503 e. The third kappa shape index (κ3) is 4.50. The fourth-order valence-corrected chi connectivity index (χ4v) is 4.28. The maximum atomic E-state index is 13.1. The highest BCUT2D eigenvalue weighted by Gasteiger charge is 2.44. The molecule has 1 N–H and O–H groups in total. The maximum absolute atomic E-state index is 13.1. The molecule has 1 saturated heterocycles. The number of benzene rings is 1. The summed E-state index contributed by atoms with van der Waals surface area (Å²) < 4.78 is 10.6. The van der Waals surface area contributed by atoms with E-state index in [0.717, 1.165) is 19.6 Å². The SMILES string of the molecule is O=C(C1=C(O)C(=O)N(CCCN2CCOCC2)[C@H]1c1ccc(Cl)c(Cl)c1)c1ccco1. The second-order valence-electron chi connectivity index (χ2n) is 7.45. The van der Waals surface area contributed by atoms with E-state index in [4.69, 9.17) is 32.4 Å². The zero-order chi connectivity index (χ0) is 22.0. The summed E-state index contributed by atoms with van der Waals surface area (Å²) in [4.78, 5) is 29.8. The average Bonchev–Trinajstić information content (AvgIpc) is 3.39. The second kappa shape index (κ2) is 9.44. The van der Waals surface area contributed by atoms with E-state index in [9.17, 15) is 14.7 Å². The number of hydrogen-bond acceptors (Lipinski definition) is 6. The lowest BCUT2D eigenvalue weighted by Crippen LogP contribution is -2.39. The second-order valence-corrected chi connectivity index (χ2v) is 8.27. The molecule has 0 unspecified atom stereocenters. The van der Waals surface area contributed by atoms with E-state index in [1.54, 1.807) is 24.3 Å². The summed E-state index contributed by atoms with van der Waals surface area (Å²) in [5.41, 5.74) is 0.567. The molecule has 3 heterocycles. The molecule has 1 atom stereocenters. The molecule has 4 rings (SSSR count). The van der Waals surface area contributed by atoms with Crippen molar-refractivity contribution in [3.05, 3.63) is 69.3 Å². The first-order valence-electron chi connectivity index (χ1n) is 10.0. The Kier molecular flexibility index (Phi) is 6.67. The molecule has 0 saturated carbocycles. The highest BCUT2D eigenvalue weighted by Crippen LogP contribution is 2.40. The summed E-state index contributed by atoms with van der Waals surface area (Å²) in [6.45, 7) is 4.21. The zero-order valence-electron chi connectivity index (χ0n) is 16.7. The Bertz CT molecular complexity index is 999. The lowest BCUT2D eigenvalue weighted by Gasteiger charge is -2.30. The molecule has 31 heavy (non-hydrogen) atoms. The van der Waals surface area contributed by atoms with E-state index in [1.807, 2.05) is 0 Å². The number of ketones is 1. The first kappa shape index (κ1) is 21.9. The van der Waals surface area contributed by atoms with E-state index in [2.05, 4.69) is 4.90 Å². The summed E-state index contributed by atoms with van der Waals surface area (Å²) in [6.07, 6.45) is 2.05.